The van der Waals surface area contributed by atoms with Crippen LogP contribution < -0.4 is 4.74 Å². The van der Waals surface area contributed by atoms with Crippen molar-refractivity contribution < 1.29 is 14.3 Å². The molecule has 0 amide bonds. The normalized spacial score (nSPS) is 10.8. The van der Waals surface area contributed by atoms with Crippen molar-refractivity contribution in [2.75, 3.05) is 13.7 Å². The van der Waals surface area contributed by atoms with E-state index in [0.717, 1.165) is 21.7 Å². The molecule has 5 nitrogen and oxygen atoms in total. The first-order chi connectivity index (χ1) is 10.7. The van der Waals surface area contributed by atoms with E-state index in [9.17, 15) is 4.79 Å². The van der Waals surface area contributed by atoms with Crippen LogP contribution in [0.15, 0.2) is 35.8 Å². The molecular formula is C16H16N2O3S. The van der Waals surface area contributed by atoms with Gasteiger partial charge in [0.25, 0.3) is 0 Å². The van der Waals surface area contributed by atoms with Crippen molar-refractivity contribution in [1.82, 2.24) is 9.55 Å². The minimum Gasteiger partial charge on any atom is -0.497 e. The molecule has 0 radical (unpaired) electrons. The lowest BCUT2D eigenvalue weighted by Crippen LogP contribution is -2.13. The SMILES string of the molecule is CCOC(=O)c1cc2scnc2n1Cc1ccc(OC)cc1. The van der Waals surface area contributed by atoms with Gasteiger partial charge in [0.1, 0.15) is 11.4 Å². The molecule has 3 aromatic rings. The molecule has 0 aliphatic heterocycles. The lowest BCUT2D eigenvalue weighted by atomic mass is 10.2. The van der Waals surface area contributed by atoms with Gasteiger partial charge in [-0.05, 0) is 30.7 Å². The number of fused-ring (bicyclic) bond motifs is 1. The van der Waals surface area contributed by atoms with E-state index >= 15 is 0 Å². The van der Waals surface area contributed by atoms with E-state index in [1.54, 1.807) is 19.5 Å². The molecule has 0 aliphatic rings. The van der Waals surface area contributed by atoms with Crippen LogP contribution >= 0.6 is 11.3 Å². The van der Waals surface area contributed by atoms with Crippen LogP contribution in [0.25, 0.3) is 10.3 Å². The maximum absolute atomic E-state index is 12.1. The Kier molecular flexibility index (Phi) is 4.11. The van der Waals surface area contributed by atoms with Crippen LogP contribution in [0.3, 0.4) is 0 Å². The van der Waals surface area contributed by atoms with Crippen LogP contribution in [-0.4, -0.2) is 29.2 Å². The predicted molar refractivity (Wildman–Crippen MR) is 85.7 cm³/mol. The Balaban J connectivity index is 1.98. The first-order valence-electron chi connectivity index (χ1n) is 6.95. The molecule has 1 aromatic carbocycles. The van der Waals surface area contributed by atoms with Crippen LogP contribution in [0.2, 0.25) is 0 Å². The second-order valence-electron chi connectivity index (χ2n) is 4.72. The van der Waals surface area contributed by atoms with Gasteiger partial charge in [0, 0.05) is 6.54 Å². The smallest absolute Gasteiger partial charge is 0.355 e. The number of rotatable bonds is 5. The van der Waals surface area contributed by atoms with E-state index < -0.39 is 0 Å². The Morgan fingerprint density at radius 3 is 2.77 bits per heavy atom. The summed E-state index contributed by atoms with van der Waals surface area (Å²) in [7, 11) is 1.64. The van der Waals surface area contributed by atoms with Crippen LogP contribution in [-0.2, 0) is 11.3 Å². The Bertz CT molecular complexity index is 789. The Hall–Kier alpha value is -2.34. The Labute approximate surface area is 132 Å². The van der Waals surface area contributed by atoms with Crippen LogP contribution in [0.5, 0.6) is 5.75 Å². The quantitative estimate of drug-likeness (QED) is 0.678. The molecule has 0 saturated carbocycles. The van der Waals surface area contributed by atoms with Gasteiger partial charge in [-0.2, -0.15) is 0 Å². The molecule has 2 aromatic heterocycles. The molecular weight excluding hydrogens is 300 g/mol. The first-order valence-corrected chi connectivity index (χ1v) is 7.83. The summed E-state index contributed by atoms with van der Waals surface area (Å²) in [6.45, 7) is 2.72. The van der Waals surface area contributed by atoms with Gasteiger partial charge in [-0.15, -0.1) is 11.3 Å². The molecule has 22 heavy (non-hydrogen) atoms. The number of aromatic nitrogens is 2. The number of hydrogen-bond donors (Lipinski definition) is 0. The highest BCUT2D eigenvalue weighted by Gasteiger charge is 2.18. The molecule has 3 rings (SSSR count). The molecule has 0 N–H and O–H groups in total. The van der Waals surface area contributed by atoms with E-state index in [0.29, 0.717) is 18.8 Å². The number of esters is 1. The molecule has 114 valence electrons. The summed E-state index contributed by atoms with van der Waals surface area (Å²) >= 11 is 1.51. The van der Waals surface area contributed by atoms with Crippen molar-refractivity contribution in [2.24, 2.45) is 0 Å². The third-order valence-corrected chi connectivity index (χ3v) is 4.14. The average molecular weight is 316 g/mol. The zero-order valence-electron chi connectivity index (χ0n) is 12.4. The van der Waals surface area contributed by atoms with Crippen LogP contribution in [0.1, 0.15) is 23.0 Å². The number of nitrogens with zero attached hydrogens (tertiary/aromatic N) is 2. The van der Waals surface area contributed by atoms with E-state index in [2.05, 4.69) is 4.98 Å². The molecule has 0 fully saturated rings. The van der Waals surface area contributed by atoms with Crippen LogP contribution in [0.4, 0.5) is 0 Å². The fraction of sp³-hybridized carbons (Fsp3) is 0.250. The Morgan fingerprint density at radius 1 is 1.32 bits per heavy atom. The van der Waals surface area contributed by atoms with Crippen molar-refractivity contribution in [1.29, 1.82) is 0 Å². The van der Waals surface area contributed by atoms with Gasteiger partial charge in [-0.3, -0.25) is 0 Å². The van der Waals surface area contributed by atoms with Crippen molar-refractivity contribution in [2.45, 2.75) is 13.5 Å². The maximum atomic E-state index is 12.1. The second kappa shape index (κ2) is 6.19. The molecule has 0 saturated heterocycles. The van der Waals surface area contributed by atoms with Crippen molar-refractivity contribution in [3.63, 3.8) is 0 Å². The monoisotopic (exact) mass is 316 g/mol. The molecule has 0 bridgehead atoms. The first kappa shape index (κ1) is 14.6. The van der Waals surface area contributed by atoms with E-state index in [1.807, 2.05) is 34.9 Å². The van der Waals surface area contributed by atoms with Crippen molar-refractivity contribution >= 4 is 27.7 Å². The highest BCUT2D eigenvalue weighted by molar-refractivity contribution is 7.16. The lowest BCUT2D eigenvalue weighted by Gasteiger charge is -2.09. The van der Waals surface area contributed by atoms with Crippen molar-refractivity contribution in [3.05, 3.63) is 47.1 Å². The molecule has 6 heteroatoms. The number of methoxy groups -OCH3 is 1. The average Bonchev–Trinajstić information content (AvgIpc) is 3.11. The summed E-state index contributed by atoms with van der Waals surface area (Å²) in [6, 6.07) is 9.61. The van der Waals surface area contributed by atoms with Crippen molar-refractivity contribution in [3.8, 4) is 5.75 Å². The van der Waals surface area contributed by atoms with E-state index in [1.165, 1.54) is 11.3 Å². The topological polar surface area (TPSA) is 53.3 Å². The summed E-state index contributed by atoms with van der Waals surface area (Å²) < 4.78 is 13.2. The number of carbonyl (C=O) groups is 1. The second-order valence-corrected chi connectivity index (χ2v) is 5.61. The molecule has 2 heterocycles. The molecule has 0 atom stereocenters. The number of hydrogen-bond acceptors (Lipinski definition) is 5. The number of thiazole rings is 1. The van der Waals surface area contributed by atoms with Crippen LogP contribution in [0, 0.1) is 0 Å². The number of ether oxygens (including phenoxy) is 2. The third-order valence-electron chi connectivity index (χ3n) is 3.37. The van der Waals surface area contributed by atoms with Gasteiger partial charge < -0.3 is 14.0 Å². The van der Waals surface area contributed by atoms with Gasteiger partial charge in [-0.25, -0.2) is 9.78 Å². The maximum Gasteiger partial charge on any atom is 0.355 e. The zero-order chi connectivity index (χ0) is 15.5. The van der Waals surface area contributed by atoms with Gasteiger partial charge in [0.05, 0.1) is 23.9 Å². The number of benzene rings is 1. The van der Waals surface area contributed by atoms with Gasteiger partial charge >= 0.3 is 5.97 Å². The molecule has 0 unspecified atom stereocenters. The van der Waals surface area contributed by atoms with Gasteiger partial charge in [0.15, 0.2) is 5.65 Å². The summed E-state index contributed by atoms with van der Waals surface area (Å²) in [5, 5.41) is 0. The lowest BCUT2D eigenvalue weighted by molar-refractivity contribution is 0.0515. The van der Waals surface area contributed by atoms with E-state index in [-0.39, 0.29) is 5.97 Å². The minimum atomic E-state index is -0.318. The fourth-order valence-electron chi connectivity index (χ4n) is 2.31. The number of carbonyl (C=O) groups excluding carboxylic acids is 1. The zero-order valence-corrected chi connectivity index (χ0v) is 13.2. The summed E-state index contributed by atoms with van der Waals surface area (Å²) in [5.41, 5.74) is 4.19. The van der Waals surface area contributed by atoms with Gasteiger partial charge in [-0.1, -0.05) is 12.1 Å². The third kappa shape index (κ3) is 2.69. The highest BCUT2D eigenvalue weighted by Crippen LogP contribution is 2.25. The molecule has 0 aliphatic carbocycles. The largest absolute Gasteiger partial charge is 0.497 e. The van der Waals surface area contributed by atoms with Gasteiger partial charge in [0.2, 0.25) is 0 Å². The predicted octanol–water partition coefficient (Wildman–Crippen LogP) is 3.33. The summed E-state index contributed by atoms with van der Waals surface area (Å²) in [5.74, 6) is 0.488. The van der Waals surface area contributed by atoms with E-state index in [4.69, 9.17) is 9.47 Å². The summed E-state index contributed by atoms with van der Waals surface area (Å²) in [6.07, 6.45) is 0. The Morgan fingerprint density at radius 2 is 2.09 bits per heavy atom. The minimum absolute atomic E-state index is 0.318. The fourth-order valence-corrected chi connectivity index (χ4v) is 3.03. The molecule has 0 spiro atoms. The summed E-state index contributed by atoms with van der Waals surface area (Å²) in [4.78, 5) is 16.5. The highest BCUT2D eigenvalue weighted by atomic mass is 32.1. The standard InChI is InChI=1S/C16H16N2O3S/c1-3-21-16(19)13-8-14-15(17-10-22-14)18(13)9-11-4-6-12(20-2)7-5-11/h4-8,10H,3,9H2,1-2H3.